The largest absolute Gasteiger partial charge is 0.573 e. The van der Waals surface area contributed by atoms with Gasteiger partial charge in [-0.3, -0.25) is 10.1 Å². The van der Waals surface area contributed by atoms with Gasteiger partial charge in [-0.1, -0.05) is 0 Å². The summed E-state index contributed by atoms with van der Waals surface area (Å²) in [5.41, 5.74) is 2.51. The number of aromatic nitrogens is 1. The van der Waals surface area contributed by atoms with E-state index in [1.54, 1.807) is 0 Å². The third-order valence-corrected chi connectivity index (χ3v) is 2.86. The Hall–Kier alpha value is -1.82. The van der Waals surface area contributed by atoms with Gasteiger partial charge in [-0.15, -0.1) is 13.2 Å². The van der Waals surface area contributed by atoms with Gasteiger partial charge in [0.15, 0.2) is 11.4 Å². The highest BCUT2D eigenvalue weighted by molar-refractivity contribution is 8.13. The molecule has 0 unspecified atom stereocenters. The Kier molecular flexibility index (Phi) is 3.77. The van der Waals surface area contributed by atoms with Crippen molar-refractivity contribution in [2.45, 2.75) is 11.4 Å². The number of nitrogen functional groups attached to an aromatic ring is 1. The van der Waals surface area contributed by atoms with Gasteiger partial charge in [-0.25, -0.2) is 13.4 Å². The highest BCUT2D eigenvalue weighted by Gasteiger charge is 2.36. The summed E-state index contributed by atoms with van der Waals surface area (Å²) in [6, 6.07) is 0. The van der Waals surface area contributed by atoms with Crippen molar-refractivity contribution in [2.75, 3.05) is 5.73 Å². The number of pyridine rings is 1. The van der Waals surface area contributed by atoms with Crippen LogP contribution >= 0.6 is 10.7 Å². The van der Waals surface area contributed by atoms with Crippen molar-refractivity contribution in [2.24, 2.45) is 0 Å². The fourth-order valence-corrected chi connectivity index (χ4v) is 1.97. The molecule has 2 N–H and O–H groups in total. The predicted molar refractivity (Wildman–Crippen MR) is 55.0 cm³/mol. The van der Waals surface area contributed by atoms with Crippen LogP contribution in [0.4, 0.5) is 24.5 Å². The molecular weight excluding hydrogens is 319 g/mol. The molecule has 0 aliphatic heterocycles. The van der Waals surface area contributed by atoms with E-state index in [9.17, 15) is 31.7 Å². The number of alkyl halides is 3. The van der Waals surface area contributed by atoms with Crippen LogP contribution in [0, 0.1) is 10.1 Å². The van der Waals surface area contributed by atoms with Gasteiger partial charge in [-0.05, 0) is 0 Å². The molecular formula is C6H3ClF3N3O5S. The van der Waals surface area contributed by atoms with Gasteiger partial charge in [0.1, 0.15) is 0 Å². The van der Waals surface area contributed by atoms with Crippen LogP contribution in [-0.2, 0) is 9.05 Å². The molecule has 0 aliphatic carbocycles. The first-order valence-corrected chi connectivity index (χ1v) is 6.37. The number of anilines is 1. The molecule has 0 spiro atoms. The predicted octanol–water partition coefficient (Wildman–Crippen LogP) is 1.40. The number of nitrogens with zero attached hydrogens (tertiary/aromatic N) is 2. The molecule has 0 atom stereocenters. The molecule has 0 radical (unpaired) electrons. The molecule has 1 rings (SSSR count). The van der Waals surface area contributed by atoms with Crippen LogP contribution in [0.25, 0.3) is 0 Å². The first kappa shape index (κ1) is 15.2. The minimum Gasteiger partial charge on any atom is -0.402 e. The van der Waals surface area contributed by atoms with E-state index in [0.717, 1.165) is 0 Å². The zero-order valence-corrected chi connectivity index (χ0v) is 10.1. The summed E-state index contributed by atoms with van der Waals surface area (Å²) in [7, 11) is 0.193. The topological polar surface area (TPSA) is 125 Å². The van der Waals surface area contributed by atoms with Crippen molar-refractivity contribution in [1.82, 2.24) is 4.98 Å². The van der Waals surface area contributed by atoms with Crippen molar-refractivity contribution in [1.29, 1.82) is 0 Å². The third-order valence-electron chi connectivity index (χ3n) is 1.66. The zero-order valence-electron chi connectivity index (χ0n) is 8.51. The first-order chi connectivity index (χ1) is 8.43. The monoisotopic (exact) mass is 321 g/mol. The average molecular weight is 322 g/mol. The van der Waals surface area contributed by atoms with E-state index in [4.69, 9.17) is 16.4 Å². The van der Waals surface area contributed by atoms with E-state index < -0.39 is 42.5 Å². The molecule has 0 aromatic carbocycles. The van der Waals surface area contributed by atoms with E-state index in [2.05, 4.69) is 9.72 Å². The summed E-state index contributed by atoms with van der Waals surface area (Å²) in [5.74, 6) is -1.21. The minimum absolute atomic E-state index is 0.269. The number of halogens is 4. The van der Waals surface area contributed by atoms with Gasteiger partial charge in [0.2, 0.25) is 0 Å². The highest BCUT2D eigenvalue weighted by Crippen LogP contribution is 2.38. The Bertz CT molecular complexity index is 632. The second-order valence-corrected chi connectivity index (χ2v) is 5.41. The molecule has 19 heavy (non-hydrogen) atoms. The van der Waals surface area contributed by atoms with Crippen molar-refractivity contribution >= 4 is 31.1 Å². The lowest BCUT2D eigenvalue weighted by atomic mass is 10.3. The van der Waals surface area contributed by atoms with E-state index in [1.165, 1.54) is 0 Å². The Morgan fingerprint density at radius 1 is 1.47 bits per heavy atom. The number of nitrogens with two attached hydrogens (primary N) is 1. The Morgan fingerprint density at radius 3 is 2.37 bits per heavy atom. The van der Waals surface area contributed by atoms with Crippen LogP contribution in [0.5, 0.6) is 5.75 Å². The van der Waals surface area contributed by atoms with Gasteiger partial charge in [0.25, 0.3) is 14.1 Å². The Morgan fingerprint density at radius 2 is 2.00 bits per heavy atom. The van der Waals surface area contributed by atoms with Crippen molar-refractivity contribution in [3.63, 3.8) is 0 Å². The van der Waals surface area contributed by atoms with Crippen LogP contribution in [0.15, 0.2) is 11.2 Å². The lowest BCUT2D eigenvalue weighted by molar-refractivity contribution is -0.387. The van der Waals surface area contributed by atoms with E-state index in [1.807, 2.05) is 0 Å². The highest BCUT2D eigenvalue weighted by atomic mass is 35.7. The molecule has 1 aromatic heterocycles. The molecule has 8 nitrogen and oxygen atoms in total. The summed E-state index contributed by atoms with van der Waals surface area (Å²) >= 11 is 0. The minimum atomic E-state index is -5.18. The Balaban J connectivity index is 3.54. The summed E-state index contributed by atoms with van der Waals surface area (Å²) < 4.78 is 61.2. The van der Waals surface area contributed by atoms with Crippen molar-refractivity contribution < 1.29 is 31.2 Å². The van der Waals surface area contributed by atoms with Gasteiger partial charge in [-0.2, -0.15) is 0 Å². The van der Waals surface area contributed by atoms with Crippen LogP contribution < -0.4 is 10.5 Å². The maximum Gasteiger partial charge on any atom is 0.573 e. The molecule has 0 fully saturated rings. The number of hydrogen-bond acceptors (Lipinski definition) is 7. The first-order valence-electron chi connectivity index (χ1n) is 4.06. The number of ether oxygens (including phenoxy) is 1. The maximum absolute atomic E-state index is 12.0. The second-order valence-electron chi connectivity index (χ2n) is 2.93. The number of hydrogen-bond donors (Lipinski definition) is 1. The lowest BCUT2D eigenvalue weighted by Gasteiger charge is -2.11. The van der Waals surface area contributed by atoms with Crippen LogP contribution in [0.3, 0.4) is 0 Å². The molecule has 106 valence electrons. The molecule has 1 heterocycles. The number of rotatable bonds is 3. The van der Waals surface area contributed by atoms with Crippen LogP contribution in [0.1, 0.15) is 0 Å². The average Bonchev–Trinajstić information content (AvgIpc) is 2.16. The van der Waals surface area contributed by atoms with Crippen molar-refractivity contribution in [3.05, 3.63) is 16.3 Å². The summed E-state index contributed by atoms with van der Waals surface area (Å²) in [6.45, 7) is 0. The standard InChI is InChI=1S/C6H3ClF3N3O5S/c7-19(16,17)5-4(13(14)15)3(11)2(1-12-5)18-6(8,9)10/h1H,(H2,11,12). The second kappa shape index (κ2) is 4.70. The third kappa shape index (κ3) is 3.57. The molecule has 0 saturated carbocycles. The molecule has 1 aromatic rings. The number of nitro groups is 1. The normalized spacial score (nSPS) is 12.2. The molecule has 0 saturated heterocycles. The smallest absolute Gasteiger partial charge is 0.402 e. The fraction of sp³-hybridized carbons (Fsp3) is 0.167. The molecule has 0 bridgehead atoms. The van der Waals surface area contributed by atoms with E-state index >= 15 is 0 Å². The van der Waals surface area contributed by atoms with Gasteiger partial charge >= 0.3 is 12.0 Å². The van der Waals surface area contributed by atoms with E-state index in [0.29, 0.717) is 0 Å². The quantitative estimate of drug-likeness (QED) is 0.506. The zero-order chi connectivity index (χ0) is 15.0. The molecule has 0 amide bonds. The van der Waals surface area contributed by atoms with Crippen LogP contribution in [-0.4, -0.2) is 24.7 Å². The van der Waals surface area contributed by atoms with Gasteiger partial charge in [0, 0.05) is 10.7 Å². The summed E-state index contributed by atoms with van der Waals surface area (Å²) in [4.78, 5) is 12.2. The van der Waals surface area contributed by atoms with Crippen molar-refractivity contribution in [3.8, 4) is 5.75 Å². The van der Waals surface area contributed by atoms with Gasteiger partial charge in [0.05, 0.1) is 11.1 Å². The maximum atomic E-state index is 12.0. The summed E-state index contributed by atoms with van der Waals surface area (Å²) in [5, 5.41) is 9.36. The summed E-state index contributed by atoms with van der Waals surface area (Å²) in [6.07, 6.45) is -4.91. The van der Waals surface area contributed by atoms with Crippen LogP contribution in [0.2, 0.25) is 0 Å². The molecule has 0 aliphatic rings. The van der Waals surface area contributed by atoms with Gasteiger partial charge < -0.3 is 10.5 Å². The molecule has 13 heteroatoms. The lowest BCUT2D eigenvalue weighted by Crippen LogP contribution is -2.19. The SMILES string of the molecule is Nc1c(OC(F)(F)F)cnc(S(=O)(=O)Cl)c1[N+](=O)[O-]. The Labute approximate surface area is 107 Å². The fourth-order valence-electron chi connectivity index (χ4n) is 1.04. The van der Waals surface area contributed by atoms with E-state index in [-0.39, 0.29) is 6.20 Å².